The number of carbonyl (C=O) groups is 1. The third kappa shape index (κ3) is 1.03. The van der Waals surface area contributed by atoms with Gasteiger partial charge in [0.15, 0.2) is 0 Å². The van der Waals surface area contributed by atoms with Crippen molar-refractivity contribution >= 4 is 33.9 Å². The molecule has 90 valence electrons. The average Bonchev–Trinajstić information content (AvgIpc) is 2.28. The van der Waals surface area contributed by atoms with E-state index in [0.29, 0.717) is 5.57 Å². The normalized spacial score (nSPS) is 36.0. The molecule has 1 N–H and O–H groups in total. The van der Waals surface area contributed by atoms with Crippen molar-refractivity contribution < 1.29 is 19.4 Å². The van der Waals surface area contributed by atoms with Crippen LogP contribution in [0.25, 0.3) is 0 Å². The number of nitrogens with one attached hydrogen (secondary N) is 1. The summed E-state index contributed by atoms with van der Waals surface area (Å²) in [6, 6.07) is -0.874. The van der Waals surface area contributed by atoms with Crippen LogP contribution in [0.5, 0.6) is 0 Å². The fourth-order valence-corrected chi connectivity index (χ4v) is 13.1. The van der Waals surface area contributed by atoms with Gasteiger partial charge in [-0.1, -0.05) is 0 Å². The molecule has 0 unspecified atom stereocenters. The zero-order valence-corrected chi connectivity index (χ0v) is 11.9. The molecule has 0 aromatic heterocycles. The number of fused-ring (bicyclic) bond motifs is 1. The SMILES string of the molecule is CCS(=O)(=O)[C@]12C(=O)N[C@H]1C(C)=C[Te]2(=O)=O. The monoisotopic (exact) mass is 363 g/mol. The van der Waals surface area contributed by atoms with Crippen LogP contribution in [0.2, 0.25) is 0 Å². The van der Waals surface area contributed by atoms with E-state index in [2.05, 4.69) is 5.32 Å². The summed E-state index contributed by atoms with van der Waals surface area (Å²) < 4.78 is 46.5. The summed E-state index contributed by atoms with van der Waals surface area (Å²) in [7, 11) is -3.95. The van der Waals surface area contributed by atoms with E-state index in [1.807, 2.05) is 0 Å². The molecule has 0 aromatic carbocycles. The molecule has 6 nitrogen and oxygen atoms in total. The summed E-state index contributed by atoms with van der Waals surface area (Å²) >= 11 is -5.30. The second kappa shape index (κ2) is 3.06. The fourth-order valence-electron chi connectivity index (χ4n) is 2.20. The van der Waals surface area contributed by atoms with Crippen LogP contribution < -0.4 is 5.32 Å². The summed E-state index contributed by atoms with van der Waals surface area (Å²) in [6.07, 6.45) is 0. The van der Waals surface area contributed by atoms with Gasteiger partial charge in [-0.25, -0.2) is 0 Å². The maximum absolute atomic E-state index is 12.0. The van der Waals surface area contributed by atoms with Crippen LogP contribution in [0.3, 0.4) is 0 Å². The van der Waals surface area contributed by atoms with Crippen molar-refractivity contribution in [2.75, 3.05) is 5.75 Å². The Morgan fingerprint density at radius 3 is 2.44 bits per heavy atom. The minimum absolute atomic E-state index is 0.351. The molecule has 0 radical (unpaired) electrons. The van der Waals surface area contributed by atoms with Crippen LogP contribution in [0.1, 0.15) is 13.8 Å². The van der Waals surface area contributed by atoms with Gasteiger partial charge < -0.3 is 0 Å². The van der Waals surface area contributed by atoms with Crippen molar-refractivity contribution in [3.8, 4) is 0 Å². The Labute approximate surface area is 96.6 Å². The van der Waals surface area contributed by atoms with Gasteiger partial charge >= 0.3 is 96.8 Å². The molecule has 1 amide bonds. The number of amides is 1. The Kier molecular flexibility index (Phi) is 2.30. The third-order valence-electron chi connectivity index (χ3n) is 3.03. The summed E-state index contributed by atoms with van der Waals surface area (Å²) in [6.45, 7) is 2.87. The molecule has 0 spiro atoms. The van der Waals surface area contributed by atoms with Gasteiger partial charge in [0.05, 0.1) is 0 Å². The van der Waals surface area contributed by atoms with Crippen molar-refractivity contribution in [1.82, 2.24) is 5.32 Å². The summed E-state index contributed by atoms with van der Waals surface area (Å²) in [5.74, 6) is -1.24. The molecule has 0 bridgehead atoms. The molecule has 0 aliphatic carbocycles. The van der Waals surface area contributed by atoms with E-state index in [1.165, 1.54) is 13.8 Å². The van der Waals surface area contributed by atoms with Crippen molar-refractivity contribution in [1.29, 1.82) is 0 Å². The van der Waals surface area contributed by atoms with Gasteiger partial charge in [-0.05, 0) is 0 Å². The molecule has 2 heterocycles. The zero-order chi connectivity index (χ0) is 12.4. The molecule has 8 heteroatoms. The van der Waals surface area contributed by atoms with Crippen LogP contribution in [-0.4, -0.2) is 47.1 Å². The van der Waals surface area contributed by atoms with E-state index in [0.717, 1.165) is 4.12 Å². The number of carbonyl (C=O) groups excluding carboxylic acids is 1. The van der Waals surface area contributed by atoms with Crippen LogP contribution >= 0.6 is 0 Å². The number of rotatable bonds is 2. The van der Waals surface area contributed by atoms with Crippen LogP contribution in [-0.2, 0) is 20.8 Å². The molecule has 2 atom stereocenters. The van der Waals surface area contributed by atoms with E-state index < -0.39 is 42.7 Å². The van der Waals surface area contributed by atoms with Gasteiger partial charge in [0.1, 0.15) is 0 Å². The molecule has 2 aliphatic heterocycles. The van der Waals surface area contributed by atoms with Crippen molar-refractivity contribution in [2.45, 2.75) is 22.7 Å². The minimum atomic E-state index is -5.30. The summed E-state index contributed by atoms with van der Waals surface area (Å²) in [4.78, 5) is 11.5. The Hall–Kier alpha value is -0.450. The van der Waals surface area contributed by atoms with Gasteiger partial charge in [0.2, 0.25) is 0 Å². The summed E-state index contributed by atoms with van der Waals surface area (Å²) in [5, 5.41) is 2.35. The predicted molar refractivity (Wildman–Crippen MR) is 55.0 cm³/mol. The average molecular weight is 361 g/mol. The van der Waals surface area contributed by atoms with Crippen molar-refractivity contribution in [2.24, 2.45) is 0 Å². The Morgan fingerprint density at radius 2 is 2.06 bits per heavy atom. The van der Waals surface area contributed by atoms with E-state index in [9.17, 15) is 19.4 Å². The first-order valence-electron chi connectivity index (χ1n) is 4.67. The molecule has 0 saturated carbocycles. The Bertz CT molecular complexity index is 602. The first-order valence-corrected chi connectivity index (χ1v) is 10.7. The molecule has 0 aromatic rings. The van der Waals surface area contributed by atoms with E-state index in [1.54, 1.807) is 0 Å². The zero-order valence-electron chi connectivity index (χ0n) is 8.72. The topological polar surface area (TPSA) is 97.4 Å². The molecule has 1 fully saturated rings. The first-order chi connectivity index (χ1) is 7.20. The van der Waals surface area contributed by atoms with E-state index >= 15 is 0 Å². The van der Waals surface area contributed by atoms with Gasteiger partial charge in [0, 0.05) is 0 Å². The van der Waals surface area contributed by atoms with Crippen LogP contribution in [0.15, 0.2) is 9.70 Å². The second-order valence-electron chi connectivity index (χ2n) is 3.88. The number of sulfone groups is 1. The summed E-state index contributed by atoms with van der Waals surface area (Å²) in [5.41, 5.74) is 0.405. The van der Waals surface area contributed by atoms with Crippen molar-refractivity contribution in [3.05, 3.63) is 9.70 Å². The molecular weight excluding hydrogens is 350 g/mol. The molecule has 2 aliphatic rings. The predicted octanol–water partition coefficient (Wildman–Crippen LogP) is -1.00. The molecular formula is C8H11NO5STe. The first kappa shape index (κ1) is 12.0. The number of hydrogen-bond donors (Lipinski definition) is 1. The number of β-lactam (4-membered cyclic amide) rings is 1. The second-order valence-corrected chi connectivity index (χ2v) is 12.8. The molecule has 2 rings (SSSR count). The third-order valence-corrected chi connectivity index (χ3v) is 14.4. The standard InChI is InChI=1S/C8H11NO5STe/c1-3-15(11,12)8-6(9-7(8)10)5(2)4-16(8,13)14/h4,6H,3H2,1-2H3,(H,9,10)/t6-,8+/m0/s1. The van der Waals surface area contributed by atoms with Gasteiger partial charge in [-0.3, -0.25) is 0 Å². The van der Waals surface area contributed by atoms with E-state index in [-0.39, 0.29) is 5.75 Å². The molecule has 1 saturated heterocycles. The van der Waals surface area contributed by atoms with Gasteiger partial charge in [-0.15, -0.1) is 0 Å². The van der Waals surface area contributed by atoms with Crippen LogP contribution in [0, 0.1) is 0 Å². The van der Waals surface area contributed by atoms with Crippen LogP contribution in [0.4, 0.5) is 0 Å². The van der Waals surface area contributed by atoms with Gasteiger partial charge in [0.25, 0.3) is 0 Å². The number of hydrogen-bond acceptors (Lipinski definition) is 5. The maximum atomic E-state index is 12.0. The molecule has 16 heavy (non-hydrogen) atoms. The Morgan fingerprint density at radius 1 is 1.50 bits per heavy atom. The van der Waals surface area contributed by atoms with Crippen molar-refractivity contribution in [3.63, 3.8) is 0 Å². The van der Waals surface area contributed by atoms with E-state index in [4.69, 9.17) is 0 Å². The Balaban J connectivity index is 2.78. The van der Waals surface area contributed by atoms with Gasteiger partial charge in [-0.2, -0.15) is 0 Å². The fraction of sp³-hybridized carbons (Fsp3) is 0.625. The quantitative estimate of drug-likeness (QED) is 0.503.